The lowest BCUT2D eigenvalue weighted by molar-refractivity contribution is -0.156. The first kappa shape index (κ1) is 24.5. The van der Waals surface area contributed by atoms with E-state index >= 15 is 0 Å². The molecule has 3 fully saturated rings. The zero-order valence-electron chi connectivity index (χ0n) is 20.6. The lowest BCUT2D eigenvalue weighted by Gasteiger charge is -2.37. The second-order valence-electron chi connectivity index (χ2n) is 10.4. The van der Waals surface area contributed by atoms with Crippen LogP contribution in [0.15, 0.2) is 55.1 Å². The fraction of sp³-hybridized carbons (Fsp3) is 0.464. The Balaban J connectivity index is 1.62. The molecule has 8 nitrogen and oxygen atoms in total. The molecule has 8 heteroatoms. The number of carbonyl (C=O) groups is 3. The minimum absolute atomic E-state index is 0.143. The summed E-state index contributed by atoms with van der Waals surface area (Å²) in [4.78, 5) is 43.6. The maximum atomic E-state index is 14.4. The first-order chi connectivity index (χ1) is 17.2. The molecule has 3 heterocycles. The largest absolute Gasteiger partial charge is 0.481 e. The van der Waals surface area contributed by atoms with Gasteiger partial charge in [-0.05, 0) is 48.6 Å². The van der Waals surface area contributed by atoms with Gasteiger partial charge >= 0.3 is 5.97 Å². The van der Waals surface area contributed by atoms with E-state index < -0.39 is 35.0 Å². The number of ether oxygens (including phenoxy) is 1. The van der Waals surface area contributed by atoms with E-state index in [-0.39, 0.29) is 43.8 Å². The maximum absolute atomic E-state index is 14.4. The Labute approximate surface area is 210 Å². The van der Waals surface area contributed by atoms with Crippen molar-refractivity contribution in [3.8, 4) is 0 Å². The van der Waals surface area contributed by atoms with Crippen molar-refractivity contribution in [2.45, 2.75) is 43.9 Å². The lowest BCUT2D eigenvalue weighted by atomic mass is 9.62. The molecule has 190 valence electrons. The van der Waals surface area contributed by atoms with Gasteiger partial charge in [-0.2, -0.15) is 0 Å². The average Bonchev–Trinajstić information content (AvgIpc) is 3.37. The maximum Gasteiger partial charge on any atom is 0.310 e. The number of aliphatic hydroxyl groups is 1. The zero-order chi connectivity index (χ0) is 25.8. The summed E-state index contributed by atoms with van der Waals surface area (Å²) in [6.07, 6.45) is 2.32. The molecular weight excluding hydrogens is 460 g/mol. The molecule has 2 bridgehead atoms. The molecule has 6 atom stereocenters. The third-order valence-electron chi connectivity index (χ3n) is 8.49. The molecule has 0 saturated carbocycles. The normalized spacial score (nSPS) is 32.6. The molecule has 0 aliphatic carbocycles. The quantitative estimate of drug-likeness (QED) is 0.549. The number of likely N-dealkylation sites (tertiary alicyclic amines) is 1. The van der Waals surface area contributed by atoms with Gasteiger partial charge in [0.25, 0.3) is 5.91 Å². The number of nitrogens with zero attached hydrogens (tertiary/aromatic N) is 2. The standard InChI is InChI=1S/C28H32N2O6/c1-4-12-29(20-11-10-18-8-5-6-9-19(18)15-20)25(33)23-28-16-17(2)27(3,36-28)22(26(34)35)21(28)24(32)30(23)13-7-14-31/h4-6,8-11,15,17,21-23,31H,1,7,12-14,16H2,2-3H3,(H,34,35)/t17?,21-,22+,23?,27-,28?/m0/s1. The van der Waals surface area contributed by atoms with Crippen LogP contribution in [0.1, 0.15) is 26.7 Å². The summed E-state index contributed by atoms with van der Waals surface area (Å²) in [5.41, 5.74) is -1.62. The lowest BCUT2D eigenvalue weighted by Crippen LogP contribution is -2.57. The number of carboxylic acid groups (broad SMARTS) is 1. The summed E-state index contributed by atoms with van der Waals surface area (Å²) in [6, 6.07) is 12.6. The van der Waals surface area contributed by atoms with Gasteiger partial charge in [-0.3, -0.25) is 14.4 Å². The van der Waals surface area contributed by atoms with E-state index in [2.05, 4.69) is 6.58 Å². The van der Waals surface area contributed by atoms with Crippen LogP contribution in [0, 0.1) is 17.8 Å². The first-order valence-corrected chi connectivity index (χ1v) is 12.4. The number of amides is 2. The molecule has 1 spiro atoms. The van der Waals surface area contributed by atoms with Gasteiger partial charge in [-0.15, -0.1) is 6.58 Å². The van der Waals surface area contributed by atoms with Crippen LogP contribution >= 0.6 is 0 Å². The highest BCUT2D eigenvalue weighted by molar-refractivity contribution is 6.05. The van der Waals surface area contributed by atoms with Gasteiger partial charge in [-0.25, -0.2) is 0 Å². The van der Waals surface area contributed by atoms with Crippen LogP contribution in [0.2, 0.25) is 0 Å². The van der Waals surface area contributed by atoms with Gasteiger partial charge in [-0.1, -0.05) is 43.3 Å². The van der Waals surface area contributed by atoms with Gasteiger partial charge < -0.3 is 24.7 Å². The molecule has 2 aromatic carbocycles. The van der Waals surface area contributed by atoms with Crippen LogP contribution in [-0.2, 0) is 19.1 Å². The van der Waals surface area contributed by atoms with Crippen molar-refractivity contribution in [1.29, 1.82) is 0 Å². The van der Waals surface area contributed by atoms with Crippen molar-refractivity contribution in [3.05, 3.63) is 55.1 Å². The van der Waals surface area contributed by atoms with Crippen LogP contribution in [-0.4, -0.2) is 69.8 Å². The second-order valence-corrected chi connectivity index (χ2v) is 10.4. The number of carbonyl (C=O) groups excluding carboxylic acids is 2. The number of hydrogen-bond donors (Lipinski definition) is 2. The minimum atomic E-state index is -1.24. The molecular formula is C28H32N2O6. The molecule has 2 amide bonds. The SMILES string of the molecule is C=CCN(C(=O)C1N(CCCO)C(=O)[C@@H]2[C@H](C(=O)O)[C@@]3(C)OC12CC3C)c1ccc2ccccc2c1. The Morgan fingerprint density at radius 1 is 1.25 bits per heavy atom. The zero-order valence-corrected chi connectivity index (χ0v) is 20.6. The number of rotatable bonds is 8. The van der Waals surface area contributed by atoms with Gasteiger partial charge in [0.1, 0.15) is 17.6 Å². The van der Waals surface area contributed by atoms with Crippen LogP contribution in [0.3, 0.4) is 0 Å². The van der Waals surface area contributed by atoms with E-state index in [1.54, 1.807) is 17.9 Å². The molecule has 2 aromatic rings. The Morgan fingerprint density at radius 2 is 1.97 bits per heavy atom. The fourth-order valence-electron chi connectivity index (χ4n) is 6.82. The first-order valence-electron chi connectivity index (χ1n) is 12.4. The Kier molecular flexibility index (Phi) is 5.92. The van der Waals surface area contributed by atoms with E-state index in [1.165, 1.54) is 4.90 Å². The summed E-state index contributed by atoms with van der Waals surface area (Å²) in [6.45, 7) is 7.72. The second kappa shape index (κ2) is 8.71. The van der Waals surface area contributed by atoms with E-state index in [0.717, 1.165) is 10.8 Å². The molecule has 3 aliphatic rings. The highest BCUT2D eigenvalue weighted by Crippen LogP contribution is 2.65. The molecule has 5 rings (SSSR count). The van der Waals surface area contributed by atoms with Crippen molar-refractivity contribution in [2.24, 2.45) is 17.8 Å². The molecule has 0 aromatic heterocycles. The Bertz CT molecular complexity index is 1250. The molecule has 2 N–H and O–H groups in total. The third kappa shape index (κ3) is 3.31. The molecule has 36 heavy (non-hydrogen) atoms. The Morgan fingerprint density at radius 3 is 2.64 bits per heavy atom. The van der Waals surface area contributed by atoms with Crippen LogP contribution in [0.25, 0.3) is 10.8 Å². The number of anilines is 1. The predicted molar refractivity (Wildman–Crippen MR) is 134 cm³/mol. The Hall–Kier alpha value is -3.23. The number of aliphatic carboxylic acids is 1. The summed E-state index contributed by atoms with van der Waals surface area (Å²) in [7, 11) is 0. The number of aliphatic hydroxyl groups excluding tert-OH is 1. The summed E-state index contributed by atoms with van der Waals surface area (Å²) >= 11 is 0. The number of fused-ring (bicyclic) bond motifs is 2. The van der Waals surface area contributed by atoms with Crippen molar-refractivity contribution < 1.29 is 29.3 Å². The van der Waals surface area contributed by atoms with E-state index in [1.807, 2.05) is 49.4 Å². The van der Waals surface area contributed by atoms with Gasteiger partial charge in [0.2, 0.25) is 5.91 Å². The highest BCUT2D eigenvalue weighted by atomic mass is 16.5. The molecule has 3 saturated heterocycles. The fourth-order valence-corrected chi connectivity index (χ4v) is 6.82. The van der Waals surface area contributed by atoms with E-state index in [0.29, 0.717) is 12.1 Å². The van der Waals surface area contributed by atoms with E-state index in [9.17, 15) is 24.6 Å². The van der Waals surface area contributed by atoms with E-state index in [4.69, 9.17) is 4.74 Å². The highest BCUT2D eigenvalue weighted by Gasteiger charge is 2.80. The number of benzene rings is 2. The van der Waals surface area contributed by atoms with Crippen molar-refractivity contribution in [3.63, 3.8) is 0 Å². The van der Waals surface area contributed by atoms with Crippen LogP contribution < -0.4 is 4.90 Å². The predicted octanol–water partition coefficient (Wildman–Crippen LogP) is 2.84. The summed E-state index contributed by atoms with van der Waals surface area (Å²) < 4.78 is 6.53. The molecule has 3 aliphatic heterocycles. The van der Waals surface area contributed by atoms with Gasteiger partial charge in [0.15, 0.2) is 0 Å². The third-order valence-corrected chi connectivity index (χ3v) is 8.49. The molecule has 3 unspecified atom stereocenters. The number of carboxylic acids is 1. The van der Waals surface area contributed by atoms with Crippen LogP contribution in [0.5, 0.6) is 0 Å². The molecule has 0 radical (unpaired) electrons. The topological polar surface area (TPSA) is 107 Å². The summed E-state index contributed by atoms with van der Waals surface area (Å²) in [5, 5.41) is 21.6. The smallest absolute Gasteiger partial charge is 0.310 e. The van der Waals surface area contributed by atoms with Crippen molar-refractivity contribution >= 4 is 34.2 Å². The van der Waals surface area contributed by atoms with Crippen molar-refractivity contribution in [1.82, 2.24) is 4.90 Å². The monoisotopic (exact) mass is 492 g/mol. The van der Waals surface area contributed by atoms with Gasteiger partial charge in [0, 0.05) is 25.4 Å². The minimum Gasteiger partial charge on any atom is -0.481 e. The van der Waals surface area contributed by atoms with Crippen molar-refractivity contribution in [2.75, 3.05) is 24.6 Å². The van der Waals surface area contributed by atoms with Gasteiger partial charge in [0.05, 0.1) is 11.5 Å². The number of hydrogen-bond acceptors (Lipinski definition) is 5. The van der Waals surface area contributed by atoms with Crippen LogP contribution in [0.4, 0.5) is 5.69 Å². The summed E-state index contributed by atoms with van der Waals surface area (Å²) in [5.74, 6) is -3.95. The average molecular weight is 493 g/mol.